The fraction of sp³-hybridized carbons (Fsp3) is 0.167. The fourth-order valence-electron chi connectivity index (χ4n) is 3.34. The summed E-state index contributed by atoms with van der Waals surface area (Å²) in [5.74, 6) is 0.744. The third-order valence-electron chi connectivity index (χ3n) is 4.75. The largest absolute Gasteiger partial charge is 0.274 e. The number of thiazole rings is 1. The molecule has 4 aromatic rings. The van der Waals surface area contributed by atoms with Gasteiger partial charge in [0.25, 0.3) is 0 Å². The van der Waals surface area contributed by atoms with E-state index in [9.17, 15) is 4.79 Å². The molecule has 5 heteroatoms. The number of carbonyl (C=O) groups is 1. The van der Waals surface area contributed by atoms with Crippen LogP contribution < -0.4 is 4.90 Å². The number of benzene rings is 3. The van der Waals surface area contributed by atoms with Crippen molar-refractivity contribution in [3.63, 3.8) is 0 Å². The van der Waals surface area contributed by atoms with Gasteiger partial charge in [0.15, 0.2) is 5.13 Å². The first-order valence-electron chi connectivity index (χ1n) is 9.45. The first-order chi connectivity index (χ1) is 14.0. The van der Waals surface area contributed by atoms with Gasteiger partial charge in [0.05, 0.1) is 11.4 Å². The van der Waals surface area contributed by atoms with Crippen LogP contribution in [0.1, 0.15) is 23.7 Å². The Morgan fingerprint density at radius 2 is 1.83 bits per heavy atom. The number of hydrogen-bond acceptors (Lipinski definition) is 4. The Hall–Kier alpha value is -2.63. The van der Waals surface area contributed by atoms with E-state index in [4.69, 9.17) is 4.98 Å². The van der Waals surface area contributed by atoms with E-state index in [-0.39, 0.29) is 5.91 Å². The van der Waals surface area contributed by atoms with Gasteiger partial charge in [-0.1, -0.05) is 48.0 Å². The smallest absolute Gasteiger partial charge is 0.230 e. The number of anilines is 2. The zero-order valence-electron chi connectivity index (χ0n) is 16.7. The predicted molar refractivity (Wildman–Crippen MR) is 124 cm³/mol. The molecule has 1 heterocycles. The zero-order chi connectivity index (χ0) is 20.4. The van der Waals surface area contributed by atoms with Crippen molar-refractivity contribution < 1.29 is 4.79 Å². The van der Waals surface area contributed by atoms with Crippen LogP contribution in [0.2, 0.25) is 0 Å². The molecule has 0 fully saturated rings. The lowest BCUT2D eigenvalue weighted by atomic mass is 10.1. The highest BCUT2D eigenvalue weighted by Crippen LogP contribution is 2.33. The summed E-state index contributed by atoms with van der Waals surface area (Å²) in [6.45, 7) is 5.67. The molecule has 0 N–H and O–H groups in total. The summed E-state index contributed by atoms with van der Waals surface area (Å²) in [7, 11) is 0. The number of thioether (sulfide) groups is 1. The van der Waals surface area contributed by atoms with E-state index in [0.29, 0.717) is 0 Å². The summed E-state index contributed by atoms with van der Waals surface area (Å²) in [6.07, 6.45) is 0. The number of aromatic nitrogens is 1. The van der Waals surface area contributed by atoms with Crippen LogP contribution in [-0.4, -0.2) is 10.9 Å². The summed E-state index contributed by atoms with van der Waals surface area (Å²) in [4.78, 5) is 20.1. The van der Waals surface area contributed by atoms with E-state index < -0.39 is 0 Å². The summed E-state index contributed by atoms with van der Waals surface area (Å²) < 4.78 is 0. The Morgan fingerprint density at radius 3 is 2.59 bits per heavy atom. The second-order valence-corrected chi connectivity index (χ2v) is 8.95. The van der Waals surface area contributed by atoms with Gasteiger partial charge in [0, 0.05) is 23.0 Å². The lowest BCUT2D eigenvalue weighted by Gasteiger charge is -2.20. The lowest BCUT2D eigenvalue weighted by molar-refractivity contribution is -0.115. The second-order valence-electron chi connectivity index (χ2n) is 7.06. The van der Waals surface area contributed by atoms with Gasteiger partial charge < -0.3 is 0 Å². The summed E-state index contributed by atoms with van der Waals surface area (Å²) >= 11 is 3.28. The molecular weight excluding hydrogens is 396 g/mol. The fourth-order valence-corrected chi connectivity index (χ4v) is 5.17. The maximum Gasteiger partial charge on any atom is 0.230 e. The van der Waals surface area contributed by atoms with Crippen molar-refractivity contribution in [2.24, 2.45) is 0 Å². The van der Waals surface area contributed by atoms with Gasteiger partial charge >= 0.3 is 0 Å². The number of carbonyl (C=O) groups excluding carboxylic acids is 1. The molecule has 0 saturated carbocycles. The Labute approximate surface area is 179 Å². The topological polar surface area (TPSA) is 33.2 Å². The molecule has 0 radical (unpaired) electrons. The highest BCUT2D eigenvalue weighted by molar-refractivity contribution is 7.98. The van der Waals surface area contributed by atoms with Crippen molar-refractivity contribution in [3.8, 4) is 0 Å². The molecular formula is C24H22N2OS2. The van der Waals surface area contributed by atoms with Crippen molar-refractivity contribution in [2.45, 2.75) is 31.4 Å². The van der Waals surface area contributed by atoms with Crippen molar-refractivity contribution in [1.29, 1.82) is 0 Å². The van der Waals surface area contributed by atoms with E-state index >= 15 is 0 Å². The van der Waals surface area contributed by atoms with Gasteiger partial charge in [-0.15, -0.1) is 23.1 Å². The Kier molecular flexibility index (Phi) is 5.69. The van der Waals surface area contributed by atoms with Gasteiger partial charge in [-0.05, 0) is 48.4 Å². The normalized spacial score (nSPS) is 11.0. The summed E-state index contributed by atoms with van der Waals surface area (Å²) in [5, 5.41) is 5.26. The SMILES string of the molecule is CC(=O)N(c1nc(CSc2ccc3ccccc3c2)cs1)c1ccc(C)cc1C. The Balaban J connectivity index is 1.53. The Morgan fingerprint density at radius 1 is 1.03 bits per heavy atom. The molecule has 0 aliphatic heterocycles. The average Bonchev–Trinajstić information content (AvgIpc) is 3.16. The van der Waals surface area contributed by atoms with Crippen LogP contribution >= 0.6 is 23.1 Å². The monoisotopic (exact) mass is 418 g/mol. The number of rotatable bonds is 5. The molecule has 0 unspecified atom stereocenters. The van der Waals surface area contributed by atoms with Crippen molar-refractivity contribution in [2.75, 3.05) is 4.90 Å². The average molecular weight is 419 g/mol. The second kappa shape index (κ2) is 8.39. The van der Waals surface area contributed by atoms with Crippen LogP contribution in [-0.2, 0) is 10.5 Å². The third kappa shape index (κ3) is 4.36. The van der Waals surface area contributed by atoms with Gasteiger partial charge in [-0.25, -0.2) is 4.98 Å². The molecule has 0 spiro atoms. The molecule has 1 aromatic heterocycles. The number of hydrogen-bond donors (Lipinski definition) is 0. The summed E-state index contributed by atoms with van der Waals surface area (Å²) in [6, 6.07) is 21.0. The van der Waals surface area contributed by atoms with Crippen LogP contribution in [0.25, 0.3) is 10.8 Å². The number of nitrogens with zero attached hydrogens (tertiary/aromatic N) is 2. The third-order valence-corrected chi connectivity index (χ3v) is 6.65. The minimum absolute atomic E-state index is 0.0277. The lowest BCUT2D eigenvalue weighted by Crippen LogP contribution is -2.23. The minimum Gasteiger partial charge on any atom is -0.274 e. The quantitative estimate of drug-likeness (QED) is 0.331. The molecule has 3 aromatic carbocycles. The highest BCUT2D eigenvalue weighted by atomic mass is 32.2. The molecule has 0 bridgehead atoms. The van der Waals surface area contributed by atoms with E-state index in [1.165, 1.54) is 32.6 Å². The van der Waals surface area contributed by atoms with E-state index in [2.05, 4.69) is 55.5 Å². The molecule has 0 aliphatic carbocycles. The molecule has 1 amide bonds. The van der Waals surface area contributed by atoms with Crippen molar-refractivity contribution in [3.05, 3.63) is 82.9 Å². The number of amides is 1. The van der Waals surface area contributed by atoms with Gasteiger partial charge in [0.1, 0.15) is 0 Å². The predicted octanol–water partition coefficient (Wildman–Crippen LogP) is 6.89. The van der Waals surface area contributed by atoms with Crippen LogP contribution in [0.5, 0.6) is 0 Å². The van der Waals surface area contributed by atoms with E-state index in [1.807, 2.05) is 24.4 Å². The van der Waals surface area contributed by atoms with Gasteiger partial charge in [-0.2, -0.15) is 0 Å². The maximum atomic E-state index is 12.4. The molecule has 3 nitrogen and oxygen atoms in total. The first kappa shape index (κ1) is 19.7. The Bertz CT molecular complexity index is 1180. The molecule has 29 heavy (non-hydrogen) atoms. The minimum atomic E-state index is -0.0277. The molecule has 4 rings (SSSR count). The molecule has 146 valence electrons. The van der Waals surface area contributed by atoms with Crippen LogP contribution in [0.3, 0.4) is 0 Å². The van der Waals surface area contributed by atoms with Gasteiger partial charge in [0.2, 0.25) is 5.91 Å². The molecule has 0 atom stereocenters. The highest BCUT2D eigenvalue weighted by Gasteiger charge is 2.19. The van der Waals surface area contributed by atoms with E-state index in [1.54, 1.807) is 23.6 Å². The van der Waals surface area contributed by atoms with Crippen molar-refractivity contribution in [1.82, 2.24) is 4.98 Å². The number of aryl methyl sites for hydroxylation is 2. The standard InChI is InChI=1S/C24H22N2OS2/c1-16-8-11-23(17(2)12-16)26(18(3)27)24-25-21(15-29-24)14-28-22-10-9-19-6-4-5-7-20(19)13-22/h4-13,15H,14H2,1-3H3. The first-order valence-corrected chi connectivity index (χ1v) is 11.3. The number of fused-ring (bicyclic) bond motifs is 1. The van der Waals surface area contributed by atoms with Crippen molar-refractivity contribution >= 4 is 50.6 Å². The van der Waals surface area contributed by atoms with Crippen LogP contribution in [0.15, 0.2) is 70.9 Å². The van der Waals surface area contributed by atoms with Gasteiger partial charge in [-0.3, -0.25) is 9.69 Å². The van der Waals surface area contributed by atoms with E-state index in [0.717, 1.165) is 27.8 Å². The molecule has 0 aliphatic rings. The zero-order valence-corrected chi connectivity index (χ0v) is 18.3. The summed E-state index contributed by atoms with van der Waals surface area (Å²) in [5.41, 5.74) is 4.13. The maximum absolute atomic E-state index is 12.4. The van der Waals surface area contributed by atoms with Crippen LogP contribution in [0, 0.1) is 13.8 Å². The molecule has 0 saturated heterocycles. The van der Waals surface area contributed by atoms with Crippen LogP contribution in [0.4, 0.5) is 10.8 Å².